The topological polar surface area (TPSA) is 82.1 Å². The first-order chi connectivity index (χ1) is 10.2. The second kappa shape index (κ2) is 6.39. The number of hydrogen-bond acceptors (Lipinski definition) is 5. The summed E-state index contributed by atoms with van der Waals surface area (Å²) in [5, 5.41) is 15.8. The van der Waals surface area contributed by atoms with Gasteiger partial charge in [0.05, 0.1) is 11.8 Å². The van der Waals surface area contributed by atoms with E-state index in [0.29, 0.717) is 5.56 Å². The van der Waals surface area contributed by atoms with E-state index in [1.54, 1.807) is 12.3 Å². The number of nitrogens with zero attached hydrogens (tertiary/aromatic N) is 4. The standard InChI is InChI=1S/C15H24N6/c16-14(17)13-3-6-18-19-15(13)21-9-4-12(5-10-21)11-20-7-1-2-8-20/h3,6,12H,1-2,4-5,7-11H2,(H3,16,17). The van der Waals surface area contributed by atoms with Crippen molar-refractivity contribution in [3.63, 3.8) is 0 Å². The lowest BCUT2D eigenvalue weighted by molar-refractivity contribution is 0.249. The van der Waals surface area contributed by atoms with Crippen molar-refractivity contribution >= 4 is 11.7 Å². The molecule has 0 bridgehead atoms. The molecule has 2 fully saturated rings. The molecular weight excluding hydrogens is 264 g/mol. The highest BCUT2D eigenvalue weighted by Crippen LogP contribution is 2.25. The van der Waals surface area contributed by atoms with Crippen LogP contribution in [-0.4, -0.2) is 53.7 Å². The maximum absolute atomic E-state index is 7.66. The Morgan fingerprint density at radius 3 is 2.62 bits per heavy atom. The van der Waals surface area contributed by atoms with Gasteiger partial charge in [-0.25, -0.2) is 0 Å². The molecular formula is C15H24N6. The SMILES string of the molecule is N=C(N)c1ccnnc1N1CCC(CN2CCCC2)CC1. The molecule has 0 spiro atoms. The van der Waals surface area contributed by atoms with E-state index in [0.717, 1.165) is 24.8 Å². The van der Waals surface area contributed by atoms with E-state index in [9.17, 15) is 0 Å². The van der Waals surface area contributed by atoms with Gasteiger partial charge in [-0.2, -0.15) is 5.10 Å². The van der Waals surface area contributed by atoms with Crippen molar-refractivity contribution in [3.05, 3.63) is 17.8 Å². The Balaban J connectivity index is 1.59. The maximum Gasteiger partial charge on any atom is 0.162 e. The third kappa shape index (κ3) is 3.32. The Morgan fingerprint density at radius 1 is 1.24 bits per heavy atom. The Hall–Kier alpha value is -1.69. The number of anilines is 1. The van der Waals surface area contributed by atoms with E-state index >= 15 is 0 Å². The normalized spacial score (nSPS) is 20.9. The van der Waals surface area contributed by atoms with Gasteiger partial charge in [-0.05, 0) is 50.8 Å². The quantitative estimate of drug-likeness (QED) is 0.640. The maximum atomic E-state index is 7.66. The molecule has 0 aliphatic carbocycles. The third-order valence-electron chi connectivity index (χ3n) is 4.62. The van der Waals surface area contributed by atoms with Crippen molar-refractivity contribution in [2.24, 2.45) is 11.7 Å². The van der Waals surface area contributed by atoms with Crippen molar-refractivity contribution in [1.29, 1.82) is 5.41 Å². The fourth-order valence-corrected chi connectivity index (χ4v) is 3.43. The molecule has 0 amide bonds. The Labute approximate surface area is 125 Å². The monoisotopic (exact) mass is 288 g/mol. The highest BCUT2D eigenvalue weighted by atomic mass is 15.3. The number of amidine groups is 1. The lowest BCUT2D eigenvalue weighted by Crippen LogP contribution is -2.39. The van der Waals surface area contributed by atoms with Gasteiger partial charge in [0.15, 0.2) is 5.82 Å². The number of aromatic nitrogens is 2. The van der Waals surface area contributed by atoms with Crippen LogP contribution in [0.2, 0.25) is 0 Å². The summed E-state index contributed by atoms with van der Waals surface area (Å²) in [7, 11) is 0. The van der Waals surface area contributed by atoms with Gasteiger partial charge in [0.25, 0.3) is 0 Å². The zero-order chi connectivity index (χ0) is 14.7. The molecule has 0 unspecified atom stereocenters. The molecule has 0 atom stereocenters. The first-order valence-corrected chi connectivity index (χ1v) is 7.87. The summed E-state index contributed by atoms with van der Waals surface area (Å²) >= 11 is 0. The first kappa shape index (κ1) is 14.3. The molecule has 0 radical (unpaired) electrons. The fourth-order valence-electron chi connectivity index (χ4n) is 3.43. The van der Waals surface area contributed by atoms with Gasteiger partial charge in [0.1, 0.15) is 5.84 Å². The highest BCUT2D eigenvalue weighted by molar-refractivity contribution is 5.99. The van der Waals surface area contributed by atoms with Crippen LogP contribution < -0.4 is 10.6 Å². The predicted molar refractivity (Wildman–Crippen MR) is 83.7 cm³/mol. The zero-order valence-corrected chi connectivity index (χ0v) is 12.5. The molecule has 1 aromatic heterocycles. The van der Waals surface area contributed by atoms with Gasteiger partial charge in [-0.3, -0.25) is 5.41 Å². The van der Waals surface area contributed by atoms with E-state index in [4.69, 9.17) is 11.1 Å². The number of piperidine rings is 1. The predicted octanol–water partition coefficient (Wildman–Crippen LogP) is 1.07. The number of nitrogens with one attached hydrogen (secondary N) is 1. The summed E-state index contributed by atoms with van der Waals surface area (Å²) in [5.74, 6) is 1.63. The van der Waals surface area contributed by atoms with E-state index in [1.165, 1.54) is 45.3 Å². The number of nitrogens with two attached hydrogens (primary N) is 1. The van der Waals surface area contributed by atoms with E-state index in [-0.39, 0.29) is 5.84 Å². The van der Waals surface area contributed by atoms with Gasteiger partial charge < -0.3 is 15.5 Å². The molecule has 6 heteroatoms. The largest absolute Gasteiger partial charge is 0.384 e. The second-order valence-electron chi connectivity index (χ2n) is 6.12. The van der Waals surface area contributed by atoms with Gasteiger partial charge >= 0.3 is 0 Å². The van der Waals surface area contributed by atoms with Crippen molar-refractivity contribution in [3.8, 4) is 0 Å². The van der Waals surface area contributed by atoms with Crippen LogP contribution in [0.1, 0.15) is 31.2 Å². The lowest BCUT2D eigenvalue weighted by Gasteiger charge is -2.34. The molecule has 2 aliphatic heterocycles. The summed E-state index contributed by atoms with van der Waals surface area (Å²) in [6.07, 6.45) is 6.69. The van der Waals surface area contributed by atoms with Crippen LogP contribution in [0.4, 0.5) is 5.82 Å². The van der Waals surface area contributed by atoms with Crippen LogP contribution in [0.5, 0.6) is 0 Å². The van der Waals surface area contributed by atoms with E-state index < -0.39 is 0 Å². The minimum atomic E-state index is 0.0686. The molecule has 0 saturated carbocycles. The molecule has 3 N–H and O–H groups in total. The first-order valence-electron chi connectivity index (χ1n) is 7.87. The Kier molecular flexibility index (Phi) is 4.34. The zero-order valence-electron chi connectivity index (χ0n) is 12.5. The smallest absolute Gasteiger partial charge is 0.162 e. The molecule has 114 valence electrons. The van der Waals surface area contributed by atoms with Crippen LogP contribution in [0.3, 0.4) is 0 Å². The van der Waals surface area contributed by atoms with Crippen LogP contribution in [-0.2, 0) is 0 Å². The summed E-state index contributed by atoms with van der Waals surface area (Å²) in [6, 6.07) is 1.78. The van der Waals surface area contributed by atoms with Gasteiger partial charge in [0.2, 0.25) is 0 Å². The molecule has 0 aromatic carbocycles. The number of hydrogen-bond donors (Lipinski definition) is 2. The molecule has 1 aromatic rings. The summed E-state index contributed by atoms with van der Waals surface area (Å²) < 4.78 is 0. The van der Waals surface area contributed by atoms with Gasteiger partial charge in [0, 0.05) is 19.6 Å². The van der Waals surface area contributed by atoms with E-state index in [1.807, 2.05) is 0 Å². The second-order valence-corrected chi connectivity index (χ2v) is 6.12. The van der Waals surface area contributed by atoms with Crippen LogP contribution in [0.15, 0.2) is 12.3 Å². The summed E-state index contributed by atoms with van der Waals surface area (Å²) in [5.41, 5.74) is 6.34. The van der Waals surface area contributed by atoms with Crippen molar-refractivity contribution < 1.29 is 0 Å². The van der Waals surface area contributed by atoms with Gasteiger partial charge in [-0.15, -0.1) is 5.10 Å². The molecule has 2 aliphatic rings. The third-order valence-corrected chi connectivity index (χ3v) is 4.62. The van der Waals surface area contributed by atoms with E-state index in [2.05, 4.69) is 20.0 Å². The molecule has 3 heterocycles. The Bertz CT molecular complexity index is 489. The van der Waals surface area contributed by atoms with Crippen LogP contribution >= 0.6 is 0 Å². The lowest BCUT2D eigenvalue weighted by atomic mass is 9.96. The molecule has 6 nitrogen and oxygen atoms in total. The minimum absolute atomic E-state index is 0.0686. The van der Waals surface area contributed by atoms with Crippen molar-refractivity contribution in [2.45, 2.75) is 25.7 Å². The number of rotatable bonds is 4. The minimum Gasteiger partial charge on any atom is -0.384 e. The Morgan fingerprint density at radius 2 is 1.95 bits per heavy atom. The summed E-state index contributed by atoms with van der Waals surface area (Å²) in [6.45, 7) is 5.76. The van der Waals surface area contributed by atoms with Crippen molar-refractivity contribution in [2.75, 3.05) is 37.6 Å². The fraction of sp³-hybridized carbons (Fsp3) is 0.667. The average molecular weight is 288 g/mol. The average Bonchev–Trinajstić information content (AvgIpc) is 3.01. The van der Waals surface area contributed by atoms with Crippen LogP contribution in [0.25, 0.3) is 0 Å². The number of nitrogen functional groups attached to an aromatic ring is 1. The molecule has 2 saturated heterocycles. The number of likely N-dealkylation sites (tertiary alicyclic amines) is 1. The van der Waals surface area contributed by atoms with Crippen molar-refractivity contribution in [1.82, 2.24) is 15.1 Å². The molecule has 21 heavy (non-hydrogen) atoms. The molecule has 3 rings (SSSR count). The van der Waals surface area contributed by atoms with Gasteiger partial charge in [-0.1, -0.05) is 0 Å². The highest BCUT2D eigenvalue weighted by Gasteiger charge is 2.25. The van der Waals surface area contributed by atoms with Crippen LogP contribution in [0, 0.1) is 11.3 Å². The summed E-state index contributed by atoms with van der Waals surface area (Å²) in [4.78, 5) is 4.83.